The lowest BCUT2D eigenvalue weighted by Gasteiger charge is -2.40. The minimum atomic E-state index is -1.74. The van der Waals surface area contributed by atoms with E-state index in [1.54, 1.807) is 24.5 Å². The number of ether oxygens (including phenoxy) is 1. The molecule has 7 rings (SSSR count). The summed E-state index contributed by atoms with van der Waals surface area (Å²) in [6.07, 6.45) is 2.20. The molecule has 9 nitrogen and oxygen atoms in total. The zero-order chi connectivity index (χ0) is 28.8. The number of aliphatic hydroxyl groups is 2. The molecular formula is C30H30FN3O6S. The molecule has 3 N–H and O–H groups in total. The van der Waals surface area contributed by atoms with Gasteiger partial charge in [-0.3, -0.25) is 9.59 Å². The highest BCUT2D eigenvalue weighted by atomic mass is 32.2. The lowest BCUT2D eigenvalue weighted by Crippen LogP contribution is -2.49. The summed E-state index contributed by atoms with van der Waals surface area (Å²) >= 11 is 1.47. The minimum Gasteiger partial charge on any atom is -0.458 e. The lowest BCUT2D eigenvalue weighted by molar-refractivity contribution is -0.166. The molecule has 0 bridgehead atoms. The van der Waals surface area contributed by atoms with Gasteiger partial charge in [-0.15, -0.1) is 11.8 Å². The molecule has 2 aromatic heterocycles. The molecule has 5 heterocycles. The van der Waals surface area contributed by atoms with E-state index in [1.165, 1.54) is 17.8 Å². The summed E-state index contributed by atoms with van der Waals surface area (Å²) in [5.41, 5.74) is 1.56. The molecule has 2 atom stereocenters. The van der Waals surface area contributed by atoms with E-state index < -0.39 is 23.0 Å². The molecule has 0 saturated heterocycles. The van der Waals surface area contributed by atoms with Crippen LogP contribution in [0.3, 0.4) is 0 Å². The first-order chi connectivity index (χ1) is 19.6. The van der Waals surface area contributed by atoms with E-state index in [4.69, 9.17) is 9.72 Å². The van der Waals surface area contributed by atoms with Crippen LogP contribution in [0.25, 0.3) is 22.3 Å². The zero-order valence-electron chi connectivity index (χ0n) is 22.8. The van der Waals surface area contributed by atoms with Gasteiger partial charge in [0.2, 0.25) is 5.91 Å². The highest BCUT2D eigenvalue weighted by Gasteiger charge is 2.46. The molecular weight excluding hydrogens is 549 g/mol. The van der Waals surface area contributed by atoms with Crippen LogP contribution in [0.4, 0.5) is 4.39 Å². The molecule has 1 amide bonds. The van der Waals surface area contributed by atoms with Crippen LogP contribution in [0.2, 0.25) is 0 Å². The molecule has 1 saturated carbocycles. The van der Waals surface area contributed by atoms with Gasteiger partial charge in [-0.2, -0.15) is 0 Å². The topological polar surface area (TPSA) is 131 Å². The molecule has 11 heteroatoms. The van der Waals surface area contributed by atoms with Crippen LogP contribution in [0.5, 0.6) is 0 Å². The fourth-order valence-corrected chi connectivity index (χ4v) is 7.95. The third-order valence-corrected chi connectivity index (χ3v) is 10.8. The maximum Gasteiger partial charge on any atom is 0.338 e. The largest absolute Gasteiger partial charge is 0.458 e. The number of carbonyl (C=O) groups excluding carboxylic acids is 2. The summed E-state index contributed by atoms with van der Waals surface area (Å²) in [5.74, 6) is -0.859. The van der Waals surface area contributed by atoms with Crippen LogP contribution >= 0.6 is 11.8 Å². The Morgan fingerprint density at radius 1 is 1.29 bits per heavy atom. The van der Waals surface area contributed by atoms with Gasteiger partial charge in [0.15, 0.2) is 5.60 Å². The Balaban J connectivity index is 1.42. The standard InChI is InChI=1S/C30H30FN3O6S/c1-3-30(39)9-15-7-21-24-16(10-34(21)26(36)17(15)11-40-28(30)38)22-20(33-27(37)29(13-35)5-4-6-29)12-41-25-14(2)18(31)8-19(32-24)23(22)25/h7-8,20,35,39H,3-6,9-13H2,1-2H3,(H,33,37)/t20-,30-/m0/s1. The SMILES string of the molecule is CC[C@]1(O)Cc2cc3n(c(=O)c2COC1=O)Cc1c-3nc2cc(F)c(C)c3c2c1[C@@H](NC(=O)C1(CO)CCC1)CS3. The van der Waals surface area contributed by atoms with Crippen molar-refractivity contribution in [3.63, 3.8) is 0 Å². The van der Waals surface area contributed by atoms with Crippen molar-refractivity contribution in [1.29, 1.82) is 0 Å². The number of aromatic nitrogens is 2. The molecule has 0 radical (unpaired) electrons. The van der Waals surface area contributed by atoms with Crippen molar-refractivity contribution in [3.05, 3.63) is 56.1 Å². The Labute approximate surface area is 239 Å². The summed E-state index contributed by atoms with van der Waals surface area (Å²) in [6.45, 7) is 3.16. The summed E-state index contributed by atoms with van der Waals surface area (Å²) in [7, 11) is 0. The molecule has 41 heavy (non-hydrogen) atoms. The maximum absolute atomic E-state index is 15.1. The molecule has 0 spiro atoms. The number of rotatable bonds is 4. The van der Waals surface area contributed by atoms with E-state index in [2.05, 4.69) is 5.32 Å². The Morgan fingerprint density at radius 2 is 2.07 bits per heavy atom. The predicted octanol–water partition coefficient (Wildman–Crippen LogP) is 3.04. The number of amides is 1. The van der Waals surface area contributed by atoms with Crippen molar-refractivity contribution in [2.75, 3.05) is 12.4 Å². The van der Waals surface area contributed by atoms with E-state index >= 15 is 4.39 Å². The number of nitrogens with one attached hydrogen (secondary N) is 1. The second-order valence-electron chi connectivity index (χ2n) is 11.8. The number of benzene rings is 1. The first-order valence-electron chi connectivity index (χ1n) is 14.0. The van der Waals surface area contributed by atoms with Gasteiger partial charge in [0.25, 0.3) is 5.56 Å². The number of halogens is 1. The van der Waals surface area contributed by atoms with Crippen LogP contribution in [-0.2, 0) is 33.9 Å². The average Bonchev–Trinajstić information content (AvgIpc) is 3.23. The number of nitrogens with zero attached hydrogens (tertiary/aromatic N) is 2. The van der Waals surface area contributed by atoms with Crippen LogP contribution in [0, 0.1) is 18.2 Å². The lowest BCUT2D eigenvalue weighted by atomic mass is 9.68. The van der Waals surface area contributed by atoms with Crippen LogP contribution < -0.4 is 10.9 Å². The van der Waals surface area contributed by atoms with Crippen molar-refractivity contribution in [3.8, 4) is 11.4 Å². The van der Waals surface area contributed by atoms with Crippen molar-refractivity contribution >= 4 is 34.5 Å². The summed E-state index contributed by atoms with van der Waals surface area (Å²) in [4.78, 5) is 45.3. The predicted molar refractivity (Wildman–Crippen MR) is 149 cm³/mol. The first kappa shape index (κ1) is 26.6. The van der Waals surface area contributed by atoms with Crippen LogP contribution in [-0.4, -0.2) is 49.6 Å². The Morgan fingerprint density at radius 3 is 2.76 bits per heavy atom. The fraction of sp³-hybridized carbons (Fsp3) is 0.467. The Kier molecular flexibility index (Phi) is 5.91. The number of cyclic esters (lactones) is 1. The molecule has 0 unspecified atom stereocenters. The van der Waals surface area contributed by atoms with Crippen LogP contribution in [0.1, 0.15) is 66.5 Å². The van der Waals surface area contributed by atoms with Gasteiger partial charge in [-0.25, -0.2) is 14.2 Å². The highest BCUT2D eigenvalue weighted by molar-refractivity contribution is 7.99. The van der Waals surface area contributed by atoms with Gasteiger partial charge >= 0.3 is 5.97 Å². The third-order valence-electron chi connectivity index (χ3n) is 9.55. The molecule has 4 aliphatic rings. The fourth-order valence-electron chi connectivity index (χ4n) is 6.69. The highest BCUT2D eigenvalue weighted by Crippen LogP contribution is 2.49. The maximum atomic E-state index is 15.1. The van der Waals surface area contributed by atoms with E-state index in [1.807, 2.05) is 0 Å². The van der Waals surface area contributed by atoms with Gasteiger partial charge in [0, 0.05) is 34.1 Å². The number of carbonyl (C=O) groups is 2. The van der Waals surface area contributed by atoms with Gasteiger partial charge in [-0.1, -0.05) is 13.3 Å². The van der Waals surface area contributed by atoms with Crippen molar-refractivity contribution < 1.29 is 28.9 Å². The Bertz CT molecular complexity index is 1740. The molecule has 3 aliphatic heterocycles. The van der Waals surface area contributed by atoms with Crippen molar-refractivity contribution in [2.24, 2.45) is 5.41 Å². The van der Waals surface area contributed by atoms with Gasteiger partial charge in [-0.05, 0) is 48.9 Å². The summed E-state index contributed by atoms with van der Waals surface area (Å²) in [5, 5.41) is 24.9. The van der Waals surface area contributed by atoms with E-state index in [9.17, 15) is 24.6 Å². The van der Waals surface area contributed by atoms with E-state index in [0.29, 0.717) is 52.2 Å². The summed E-state index contributed by atoms with van der Waals surface area (Å²) < 4.78 is 22.0. The number of hydrogen-bond donors (Lipinski definition) is 3. The second kappa shape index (κ2) is 9.11. The van der Waals surface area contributed by atoms with E-state index in [0.717, 1.165) is 27.8 Å². The molecule has 1 aromatic carbocycles. The molecule has 214 valence electrons. The van der Waals surface area contributed by atoms with Crippen molar-refractivity contribution in [1.82, 2.24) is 14.9 Å². The minimum absolute atomic E-state index is 0.0624. The number of fused-ring (bicyclic) bond motifs is 5. The third kappa shape index (κ3) is 3.68. The second-order valence-corrected chi connectivity index (χ2v) is 12.8. The summed E-state index contributed by atoms with van der Waals surface area (Å²) in [6, 6.07) is 2.75. The number of esters is 1. The van der Waals surface area contributed by atoms with Gasteiger partial charge in [0.05, 0.1) is 47.1 Å². The number of thioether (sulfide) groups is 1. The smallest absolute Gasteiger partial charge is 0.338 e. The van der Waals surface area contributed by atoms with Gasteiger partial charge in [0.1, 0.15) is 12.4 Å². The monoisotopic (exact) mass is 579 g/mol. The molecule has 1 fully saturated rings. The van der Waals surface area contributed by atoms with Crippen LogP contribution in [0.15, 0.2) is 21.8 Å². The quantitative estimate of drug-likeness (QED) is 0.315. The van der Waals surface area contributed by atoms with E-state index in [-0.39, 0.29) is 49.9 Å². The first-order valence-corrected chi connectivity index (χ1v) is 14.9. The molecule has 1 aliphatic carbocycles. The van der Waals surface area contributed by atoms with Gasteiger partial charge < -0.3 is 24.8 Å². The number of hydrogen-bond acceptors (Lipinski definition) is 8. The molecule has 3 aromatic rings. The Hall–Kier alpha value is -3.28. The number of pyridine rings is 2. The zero-order valence-corrected chi connectivity index (χ0v) is 23.6. The number of aliphatic hydroxyl groups excluding tert-OH is 1. The van der Waals surface area contributed by atoms with Crippen molar-refractivity contribution in [2.45, 2.75) is 75.6 Å². The normalized spacial score (nSPS) is 23.6. The average molecular weight is 580 g/mol.